The third kappa shape index (κ3) is 2.93. The van der Waals surface area contributed by atoms with Gasteiger partial charge in [-0.1, -0.05) is 6.92 Å². The maximum atomic E-state index is 6.43. The predicted molar refractivity (Wildman–Crippen MR) is 83.6 cm³/mol. The lowest BCUT2D eigenvalue weighted by Gasteiger charge is -2.41. The van der Waals surface area contributed by atoms with Crippen LogP contribution >= 0.6 is 23.1 Å². The Labute approximate surface area is 119 Å². The van der Waals surface area contributed by atoms with Crippen molar-refractivity contribution in [3.63, 3.8) is 0 Å². The van der Waals surface area contributed by atoms with Crippen molar-refractivity contribution in [3.8, 4) is 0 Å². The Kier molecular flexibility index (Phi) is 5.13. The highest BCUT2D eigenvalue weighted by Gasteiger charge is 2.32. The second-order valence-corrected chi connectivity index (χ2v) is 7.24. The summed E-state index contributed by atoms with van der Waals surface area (Å²) < 4.78 is 0. The summed E-state index contributed by atoms with van der Waals surface area (Å²) in [6, 6.07) is 3.50. The Morgan fingerprint density at radius 1 is 1.56 bits per heavy atom. The Bertz CT molecular complexity index is 378. The van der Waals surface area contributed by atoms with Gasteiger partial charge in [0.15, 0.2) is 0 Å². The number of thiophene rings is 1. The van der Waals surface area contributed by atoms with Crippen LogP contribution < -0.4 is 5.73 Å². The first-order chi connectivity index (χ1) is 8.65. The number of aryl methyl sites for hydroxylation is 1. The van der Waals surface area contributed by atoms with Crippen molar-refractivity contribution < 1.29 is 0 Å². The zero-order chi connectivity index (χ0) is 13.1. The Hall–Kier alpha value is -0.0300. The fourth-order valence-corrected chi connectivity index (χ4v) is 4.82. The summed E-state index contributed by atoms with van der Waals surface area (Å²) in [4.78, 5) is 4.10. The van der Waals surface area contributed by atoms with E-state index in [1.807, 2.05) is 11.3 Å². The summed E-state index contributed by atoms with van der Waals surface area (Å²) >= 11 is 3.93. The third-order valence-corrected chi connectivity index (χ3v) is 6.10. The van der Waals surface area contributed by atoms with Crippen molar-refractivity contribution in [1.29, 1.82) is 0 Å². The van der Waals surface area contributed by atoms with E-state index < -0.39 is 0 Å². The molecular formula is C14H24N2S2. The van der Waals surface area contributed by atoms with E-state index in [9.17, 15) is 0 Å². The Morgan fingerprint density at radius 2 is 2.33 bits per heavy atom. The quantitative estimate of drug-likeness (QED) is 0.920. The highest BCUT2D eigenvalue weighted by molar-refractivity contribution is 7.99. The van der Waals surface area contributed by atoms with Crippen LogP contribution in [-0.2, 0) is 0 Å². The average molecular weight is 284 g/mol. The lowest BCUT2D eigenvalue weighted by atomic mass is 9.99. The van der Waals surface area contributed by atoms with Crippen LogP contribution in [0.2, 0.25) is 0 Å². The normalized spacial score (nSPS) is 25.0. The number of hydrogen-bond donors (Lipinski definition) is 1. The summed E-state index contributed by atoms with van der Waals surface area (Å²) in [5.41, 5.74) is 7.83. The Morgan fingerprint density at radius 3 is 2.89 bits per heavy atom. The number of nitrogens with zero attached hydrogens (tertiary/aromatic N) is 1. The number of nitrogens with two attached hydrogens (primary N) is 1. The molecule has 2 N–H and O–H groups in total. The molecule has 1 fully saturated rings. The van der Waals surface area contributed by atoms with Gasteiger partial charge in [0.1, 0.15) is 0 Å². The van der Waals surface area contributed by atoms with Crippen molar-refractivity contribution in [2.24, 2.45) is 5.73 Å². The highest BCUT2D eigenvalue weighted by atomic mass is 32.2. The van der Waals surface area contributed by atoms with Gasteiger partial charge >= 0.3 is 0 Å². The SMILES string of the molecule is CCC(N)C(c1sccc1C)N1CCSCC1C. The van der Waals surface area contributed by atoms with Gasteiger partial charge in [0.05, 0.1) is 6.04 Å². The molecule has 3 unspecified atom stereocenters. The number of rotatable bonds is 4. The molecule has 1 saturated heterocycles. The zero-order valence-electron chi connectivity index (χ0n) is 11.6. The summed E-state index contributed by atoms with van der Waals surface area (Å²) in [6.45, 7) is 7.92. The molecule has 1 aliphatic heterocycles. The minimum atomic E-state index is 0.243. The standard InChI is InChI=1S/C14H24N2S2/c1-4-12(15)13(14-10(2)5-7-18-14)16-6-8-17-9-11(16)3/h5,7,11-13H,4,6,8-9,15H2,1-3H3. The summed E-state index contributed by atoms with van der Waals surface area (Å²) in [6.07, 6.45) is 1.04. The predicted octanol–water partition coefficient (Wildman–Crippen LogP) is 3.27. The maximum Gasteiger partial charge on any atom is 0.0598 e. The van der Waals surface area contributed by atoms with Crippen LogP contribution in [0, 0.1) is 6.92 Å². The van der Waals surface area contributed by atoms with Gasteiger partial charge in [0.2, 0.25) is 0 Å². The largest absolute Gasteiger partial charge is 0.326 e. The van der Waals surface area contributed by atoms with E-state index in [0.717, 1.165) is 6.42 Å². The first-order valence-electron chi connectivity index (χ1n) is 6.78. The van der Waals surface area contributed by atoms with Gasteiger partial charge in [-0.15, -0.1) is 11.3 Å². The molecule has 2 heterocycles. The van der Waals surface area contributed by atoms with Gasteiger partial charge in [0, 0.05) is 35.0 Å². The topological polar surface area (TPSA) is 29.3 Å². The molecule has 3 atom stereocenters. The van der Waals surface area contributed by atoms with E-state index in [1.165, 1.54) is 28.5 Å². The van der Waals surface area contributed by atoms with Gasteiger partial charge in [-0.2, -0.15) is 11.8 Å². The van der Waals surface area contributed by atoms with E-state index in [0.29, 0.717) is 12.1 Å². The van der Waals surface area contributed by atoms with Crippen LogP contribution in [0.15, 0.2) is 11.4 Å². The molecule has 0 aromatic carbocycles. The van der Waals surface area contributed by atoms with Crippen LogP contribution in [0.3, 0.4) is 0 Å². The fourth-order valence-electron chi connectivity index (χ4n) is 2.65. The second-order valence-electron chi connectivity index (χ2n) is 5.15. The van der Waals surface area contributed by atoms with E-state index in [1.54, 1.807) is 0 Å². The monoisotopic (exact) mass is 284 g/mol. The highest BCUT2D eigenvalue weighted by Crippen LogP contribution is 2.35. The van der Waals surface area contributed by atoms with Crippen LogP contribution in [-0.4, -0.2) is 35.0 Å². The zero-order valence-corrected chi connectivity index (χ0v) is 13.2. The van der Waals surface area contributed by atoms with Crippen molar-refractivity contribution in [2.45, 2.75) is 45.3 Å². The van der Waals surface area contributed by atoms with E-state index in [4.69, 9.17) is 5.73 Å². The fraction of sp³-hybridized carbons (Fsp3) is 0.714. The van der Waals surface area contributed by atoms with Crippen molar-refractivity contribution >= 4 is 23.1 Å². The van der Waals surface area contributed by atoms with Crippen molar-refractivity contribution in [1.82, 2.24) is 4.90 Å². The van der Waals surface area contributed by atoms with E-state index in [2.05, 4.69) is 48.9 Å². The van der Waals surface area contributed by atoms with Gasteiger partial charge in [-0.3, -0.25) is 4.90 Å². The summed E-state index contributed by atoms with van der Waals surface area (Å²) in [7, 11) is 0. The molecule has 0 amide bonds. The number of thioether (sulfide) groups is 1. The smallest absolute Gasteiger partial charge is 0.0598 e. The minimum absolute atomic E-state index is 0.243. The van der Waals surface area contributed by atoms with Crippen LogP contribution in [0.5, 0.6) is 0 Å². The molecule has 18 heavy (non-hydrogen) atoms. The summed E-state index contributed by atoms with van der Waals surface area (Å²) in [5.74, 6) is 2.47. The van der Waals surface area contributed by atoms with Crippen molar-refractivity contribution in [2.75, 3.05) is 18.1 Å². The van der Waals surface area contributed by atoms with E-state index >= 15 is 0 Å². The van der Waals surface area contributed by atoms with Gasteiger partial charge in [0.25, 0.3) is 0 Å². The maximum absolute atomic E-state index is 6.43. The summed E-state index contributed by atoms with van der Waals surface area (Å²) in [5, 5.41) is 2.20. The molecule has 2 rings (SSSR count). The molecule has 0 radical (unpaired) electrons. The molecule has 0 aliphatic carbocycles. The number of hydrogen-bond acceptors (Lipinski definition) is 4. The molecular weight excluding hydrogens is 260 g/mol. The van der Waals surface area contributed by atoms with Gasteiger partial charge in [-0.05, 0) is 37.3 Å². The molecule has 1 aromatic rings. The first-order valence-corrected chi connectivity index (χ1v) is 8.81. The van der Waals surface area contributed by atoms with Crippen LogP contribution in [0.1, 0.15) is 36.8 Å². The molecule has 0 spiro atoms. The second kappa shape index (κ2) is 6.42. The molecule has 102 valence electrons. The molecule has 0 bridgehead atoms. The van der Waals surface area contributed by atoms with Crippen LogP contribution in [0.4, 0.5) is 0 Å². The molecule has 4 heteroatoms. The lowest BCUT2D eigenvalue weighted by molar-refractivity contribution is 0.139. The van der Waals surface area contributed by atoms with Gasteiger partial charge in [-0.25, -0.2) is 0 Å². The lowest BCUT2D eigenvalue weighted by Crippen LogP contribution is -2.48. The van der Waals surface area contributed by atoms with Gasteiger partial charge < -0.3 is 5.73 Å². The first kappa shape index (κ1) is 14.4. The third-order valence-electron chi connectivity index (χ3n) is 3.82. The molecule has 0 saturated carbocycles. The molecule has 2 nitrogen and oxygen atoms in total. The van der Waals surface area contributed by atoms with Crippen molar-refractivity contribution in [3.05, 3.63) is 21.9 Å². The van der Waals surface area contributed by atoms with E-state index in [-0.39, 0.29) is 6.04 Å². The Balaban J connectivity index is 2.27. The van der Waals surface area contributed by atoms with Crippen LogP contribution in [0.25, 0.3) is 0 Å². The molecule has 1 aromatic heterocycles. The molecule has 1 aliphatic rings. The minimum Gasteiger partial charge on any atom is -0.326 e. The average Bonchev–Trinajstić information content (AvgIpc) is 2.78.